The molecule has 30 heavy (non-hydrogen) atoms. The quantitative estimate of drug-likeness (QED) is 0.141. The third kappa shape index (κ3) is 17.3. The zero-order valence-corrected chi connectivity index (χ0v) is 18.4. The Bertz CT molecular complexity index is 563. The van der Waals surface area contributed by atoms with Crippen molar-refractivity contribution in [3.63, 3.8) is 0 Å². The van der Waals surface area contributed by atoms with Crippen molar-refractivity contribution < 1.29 is 47.1 Å². The van der Waals surface area contributed by atoms with Gasteiger partial charge in [0.25, 0.3) is 0 Å². The van der Waals surface area contributed by atoms with Crippen LogP contribution in [0.2, 0.25) is 0 Å². The average molecular weight is 457 g/mol. The Labute approximate surface area is 175 Å². The summed E-state index contributed by atoms with van der Waals surface area (Å²) >= 11 is 0. The van der Waals surface area contributed by atoms with Crippen LogP contribution >= 0.6 is 7.82 Å². The van der Waals surface area contributed by atoms with Crippen LogP contribution in [0.15, 0.2) is 0 Å². The first-order valence-corrected chi connectivity index (χ1v) is 10.7. The fourth-order valence-corrected chi connectivity index (χ4v) is 2.29. The highest BCUT2D eigenvalue weighted by Gasteiger charge is 2.19. The number of carbonyl (C=O) groups is 3. The normalized spacial score (nSPS) is 13.9. The van der Waals surface area contributed by atoms with Crippen LogP contribution in [0.25, 0.3) is 0 Å². The second-order valence-corrected chi connectivity index (χ2v) is 7.36. The monoisotopic (exact) mass is 457 g/mol. The molecule has 14 heteroatoms. The van der Waals surface area contributed by atoms with Crippen LogP contribution in [0.3, 0.4) is 0 Å². The summed E-state index contributed by atoms with van der Waals surface area (Å²) in [7, 11) is -2.90. The highest BCUT2D eigenvalue weighted by molar-refractivity contribution is 7.47. The lowest BCUT2D eigenvalue weighted by molar-refractivity contribution is -0.128. The molecule has 0 radical (unpaired) electrons. The molecule has 2 atom stereocenters. The van der Waals surface area contributed by atoms with Gasteiger partial charge in [0.15, 0.2) is 0 Å². The highest BCUT2D eigenvalue weighted by Crippen LogP contribution is 2.41. The summed E-state index contributed by atoms with van der Waals surface area (Å²) in [6.45, 7) is 4.33. The van der Waals surface area contributed by atoms with Crippen molar-refractivity contribution in [2.24, 2.45) is 0 Å². The molecule has 0 heterocycles. The molecule has 0 aliphatic heterocycles. The van der Waals surface area contributed by atoms with Crippen molar-refractivity contribution in [3.8, 4) is 0 Å². The van der Waals surface area contributed by atoms with Gasteiger partial charge in [-0.3, -0.25) is 23.4 Å². The standard InChI is InChI=1S/C16H32N3O10P/c1-13(20)18-12-15(19-14(2)21)16(22)17-4-5-26-6-7-27-8-9-28-10-11-29-30(23,24)25-3/h15H,4-12H2,1-3H3,(H,17,22)(H,18,20)(H,19,21)(H,23,24)/t15-/m0/s1. The lowest BCUT2D eigenvalue weighted by Crippen LogP contribution is -2.52. The summed E-state index contributed by atoms with van der Waals surface area (Å²) in [5.41, 5.74) is 0. The minimum atomic E-state index is -3.97. The lowest BCUT2D eigenvalue weighted by Gasteiger charge is -2.17. The van der Waals surface area contributed by atoms with E-state index in [2.05, 4.69) is 25.0 Å². The Hall–Kier alpha value is -1.60. The predicted molar refractivity (Wildman–Crippen MR) is 105 cm³/mol. The molecule has 4 N–H and O–H groups in total. The van der Waals surface area contributed by atoms with E-state index in [9.17, 15) is 18.9 Å². The minimum absolute atomic E-state index is 0.00463. The molecule has 0 aromatic heterocycles. The predicted octanol–water partition coefficient (Wildman–Crippen LogP) is -1.44. The molecule has 0 saturated heterocycles. The number of hydrogen-bond acceptors (Lipinski definition) is 9. The fraction of sp³-hybridized carbons (Fsp3) is 0.812. The van der Waals surface area contributed by atoms with Gasteiger partial charge in [-0.2, -0.15) is 0 Å². The largest absolute Gasteiger partial charge is 0.471 e. The third-order valence-electron chi connectivity index (χ3n) is 3.25. The zero-order chi connectivity index (χ0) is 22.8. The number of rotatable bonds is 18. The number of nitrogens with one attached hydrogen (secondary N) is 3. The molecule has 0 aromatic carbocycles. The molecule has 1 unspecified atom stereocenters. The maximum absolute atomic E-state index is 12.0. The van der Waals surface area contributed by atoms with Gasteiger partial charge in [-0.05, 0) is 0 Å². The summed E-state index contributed by atoms with van der Waals surface area (Å²) in [6, 6.07) is -0.862. The molecular formula is C16H32N3O10P. The molecule has 0 rings (SSSR count). The molecular weight excluding hydrogens is 425 g/mol. The maximum Gasteiger partial charge on any atom is 0.471 e. The van der Waals surface area contributed by atoms with E-state index in [1.807, 2.05) is 0 Å². The van der Waals surface area contributed by atoms with Gasteiger partial charge in [-0.1, -0.05) is 0 Å². The Kier molecular flexibility index (Phi) is 16.2. The molecule has 0 aliphatic carbocycles. The summed E-state index contributed by atoms with van der Waals surface area (Å²) in [5.74, 6) is -1.11. The van der Waals surface area contributed by atoms with E-state index in [1.54, 1.807) is 0 Å². The van der Waals surface area contributed by atoms with E-state index in [0.717, 1.165) is 7.11 Å². The molecule has 0 fully saturated rings. The molecule has 3 amide bonds. The van der Waals surface area contributed by atoms with Crippen LogP contribution < -0.4 is 16.0 Å². The van der Waals surface area contributed by atoms with Gasteiger partial charge in [-0.25, -0.2) is 4.57 Å². The van der Waals surface area contributed by atoms with Gasteiger partial charge < -0.3 is 35.1 Å². The van der Waals surface area contributed by atoms with Crippen LogP contribution in [-0.4, -0.2) is 95.1 Å². The van der Waals surface area contributed by atoms with Crippen LogP contribution in [0.1, 0.15) is 13.8 Å². The van der Waals surface area contributed by atoms with Crippen LogP contribution in [0, 0.1) is 0 Å². The van der Waals surface area contributed by atoms with Gasteiger partial charge in [0, 0.05) is 34.0 Å². The van der Waals surface area contributed by atoms with Crippen LogP contribution in [0.5, 0.6) is 0 Å². The number of amides is 3. The van der Waals surface area contributed by atoms with Crippen molar-refractivity contribution >= 4 is 25.5 Å². The molecule has 13 nitrogen and oxygen atoms in total. The topological polar surface area (TPSA) is 171 Å². The van der Waals surface area contributed by atoms with E-state index in [1.165, 1.54) is 13.8 Å². The first kappa shape index (κ1) is 28.4. The van der Waals surface area contributed by atoms with Crippen molar-refractivity contribution in [1.29, 1.82) is 0 Å². The Morgan fingerprint density at radius 3 is 1.90 bits per heavy atom. The van der Waals surface area contributed by atoms with E-state index >= 15 is 0 Å². The molecule has 0 spiro atoms. The van der Waals surface area contributed by atoms with Crippen molar-refractivity contribution in [2.45, 2.75) is 19.9 Å². The van der Waals surface area contributed by atoms with Crippen LogP contribution in [-0.2, 0) is 42.2 Å². The Morgan fingerprint density at radius 1 is 0.867 bits per heavy atom. The van der Waals surface area contributed by atoms with E-state index < -0.39 is 19.8 Å². The lowest BCUT2D eigenvalue weighted by atomic mass is 10.2. The fourth-order valence-electron chi connectivity index (χ4n) is 1.88. The van der Waals surface area contributed by atoms with Crippen molar-refractivity contribution in [1.82, 2.24) is 16.0 Å². The molecule has 0 saturated carbocycles. The highest BCUT2D eigenvalue weighted by atomic mass is 31.2. The molecule has 0 aromatic rings. The number of ether oxygens (including phenoxy) is 3. The zero-order valence-electron chi connectivity index (χ0n) is 17.5. The second kappa shape index (κ2) is 17.1. The maximum atomic E-state index is 12.0. The summed E-state index contributed by atoms with van der Waals surface area (Å²) < 4.78 is 35.5. The summed E-state index contributed by atoms with van der Waals surface area (Å²) in [5, 5.41) is 7.55. The Balaban J connectivity index is 3.63. The van der Waals surface area contributed by atoms with Crippen molar-refractivity contribution in [2.75, 3.05) is 66.4 Å². The minimum Gasteiger partial charge on any atom is -0.377 e. The van der Waals surface area contributed by atoms with Gasteiger partial charge in [0.2, 0.25) is 17.7 Å². The van der Waals surface area contributed by atoms with Gasteiger partial charge in [0.1, 0.15) is 6.04 Å². The SMILES string of the molecule is COP(=O)(O)OCCOCCOCCOCCNC(=O)[C@H](CNC(C)=O)NC(C)=O. The first-order chi connectivity index (χ1) is 14.2. The van der Waals surface area contributed by atoms with Gasteiger partial charge in [0.05, 0.1) is 46.2 Å². The third-order valence-corrected chi connectivity index (χ3v) is 4.22. The van der Waals surface area contributed by atoms with Crippen LogP contribution in [0.4, 0.5) is 0 Å². The smallest absolute Gasteiger partial charge is 0.377 e. The van der Waals surface area contributed by atoms with E-state index in [-0.39, 0.29) is 51.3 Å². The van der Waals surface area contributed by atoms with Gasteiger partial charge >= 0.3 is 7.82 Å². The van der Waals surface area contributed by atoms with E-state index in [0.29, 0.717) is 19.8 Å². The van der Waals surface area contributed by atoms with Crippen molar-refractivity contribution in [3.05, 3.63) is 0 Å². The summed E-state index contributed by atoms with van der Waals surface area (Å²) in [4.78, 5) is 43.1. The molecule has 0 aliphatic rings. The molecule has 0 bridgehead atoms. The summed E-state index contributed by atoms with van der Waals surface area (Å²) in [6.07, 6.45) is 0. The number of hydrogen-bond donors (Lipinski definition) is 4. The second-order valence-electron chi connectivity index (χ2n) is 5.80. The molecule has 176 valence electrons. The average Bonchev–Trinajstić information content (AvgIpc) is 2.68. The Morgan fingerprint density at radius 2 is 1.40 bits per heavy atom. The number of phosphoric acid groups is 1. The van der Waals surface area contributed by atoms with Gasteiger partial charge in [-0.15, -0.1) is 0 Å². The number of phosphoric ester groups is 1. The first-order valence-electron chi connectivity index (χ1n) is 9.23. The van der Waals surface area contributed by atoms with E-state index in [4.69, 9.17) is 19.1 Å². The number of carbonyl (C=O) groups excluding carboxylic acids is 3.